The monoisotopic (exact) mass is 395 g/mol. The largest absolute Gasteiger partial charge is 0.417 e. The molecule has 0 radical (unpaired) electrons. The van der Waals surface area contributed by atoms with Crippen molar-refractivity contribution in [3.63, 3.8) is 0 Å². The van der Waals surface area contributed by atoms with Gasteiger partial charge in [-0.3, -0.25) is 5.10 Å². The third-order valence-electron chi connectivity index (χ3n) is 5.11. The van der Waals surface area contributed by atoms with E-state index in [0.29, 0.717) is 11.6 Å². The van der Waals surface area contributed by atoms with Gasteiger partial charge in [-0.1, -0.05) is 30.3 Å². The summed E-state index contributed by atoms with van der Waals surface area (Å²) < 4.78 is 40.5. The van der Waals surface area contributed by atoms with Gasteiger partial charge in [0.15, 0.2) is 11.6 Å². The highest BCUT2D eigenvalue weighted by molar-refractivity contribution is 5.91. The predicted molar refractivity (Wildman–Crippen MR) is 104 cm³/mol. The molecule has 29 heavy (non-hydrogen) atoms. The van der Waals surface area contributed by atoms with Crippen LogP contribution in [-0.4, -0.2) is 20.2 Å². The van der Waals surface area contributed by atoms with Crippen molar-refractivity contribution in [1.29, 1.82) is 0 Å². The number of rotatable bonds is 3. The molecule has 0 atom stereocenters. The van der Waals surface area contributed by atoms with Crippen LogP contribution in [0.3, 0.4) is 0 Å². The number of aryl methyl sites for hydroxylation is 1. The molecule has 0 bridgehead atoms. The first kappa shape index (κ1) is 17.7. The molecule has 0 unspecified atom stereocenters. The Morgan fingerprint density at radius 2 is 1.69 bits per heavy atom. The number of nitrogens with zero attached hydrogens (tertiary/aromatic N) is 3. The fourth-order valence-corrected chi connectivity index (χ4v) is 3.75. The minimum Gasteiger partial charge on any atom is -0.323 e. The van der Waals surface area contributed by atoms with E-state index in [1.54, 1.807) is 6.07 Å². The van der Waals surface area contributed by atoms with Crippen molar-refractivity contribution in [2.45, 2.75) is 25.4 Å². The highest BCUT2D eigenvalue weighted by atomic mass is 19.4. The SMILES string of the molecule is FC(F)(F)c1ccccc1-c1nc2c(c(Nc3n[nH]c4ccccc34)n1)CCC2. The third kappa shape index (κ3) is 3.10. The van der Waals surface area contributed by atoms with Gasteiger partial charge in [0.1, 0.15) is 5.82 Å². The van der Waals surface area contributed by atoms with Crippen molar-refractivity contribution in [3.05, 3.63) is 65.4 Å². The van der Waals surface area contributed by atoms with Crippen LogP contribution >= 0.6 is 0 Å². The van der Waals surface area contributed by atoms with Gasteiger partial charge < -0.3 is 5.32 Å². The molecule has 0 fully saturated rings. The molecule has 0 amide bonds. The Balaban J connectivity index is 1.64. The van der Waals surface area contributed by atoms with Crippen LogP contribution in [0.1, 0.15) is 23.2 Å². The first-order valence-electron chi connectivity index (χ1n) is 9.27. The van der Waals surface area contributed by atoms with E-state index in [4.69, 9.17) is 0 Å². The van der Waals surface area contributed by atoms with Crippen molar-refractivity contribution in [2.75, 3.05) is 5.32 Å². The molecule has 0 saturated heterocycles. The molecule has 2 aromatic heterocycles. The van der Waals surface area contributed by atoms with E-state index < -0.39 is 11.7 Å². The summed E-state index contributed by atoms with van der Waals surface area (Å²) in [6.45, 7) is 0. The van der Waals surface area contributed by atoms with Gasteiger partial charge in [0, 0.05) is 22.2 Å². The minimum absolute atomic E-state index is 0.0235. The van der Waals surface area contributed by atoms with Crippen LogP contribution in [0.15, 0.2) is 48.5 Å². The fourth-order valence-electron chi connectivity index (χ4n) is 3.75. The van der Waals surface area contributed by atoms with E-state index in [2.05, 4.69) is 25.5 Å². The van der Waals surface area contributed by atoms with Crippen LogP contribution < -0.4 is 5.32 Å². The van der Waals surface area contributed by atoms with Gasteiger partial charge in [-0.25, -0.2) is 9.97 Å². The summed E-state index contributed by atoms with van der Waals surface area (Å²) >= 11 is 0. The summed E-state index contributed by atoms with van der Waals surface area (Å²) in [4.78, 5) is 8.96. The number of hydrogen-bond acceptors (Lipinski definition) is 4. The number of fused-ring (bicyclic) bond motifs is 2. The molecule has 5 nitrogen and oxygen atoms in total. The summed E-state index contributed by atoms with van der Waals surface area (Å²) in [5.74, 6) is 1.17. The van der Waals surface area contributed by atoms with E-state index >= 15 is 0 Å². The number of aromatic nitrogens is 4. The number of alkyl halides is 3. The van der Waals surface area contributed by atoms with E-state index in [-0.39, 0.29) is 11.4 Å². The quantitative estimate of drug-likeness (QED) is 0.496. The van der Waals surface area contributed by atoms with Crippen molar-refractivity contribution in [3.8, 4) is 11.4 Å². The van der Waals surface area contributed by atoms with Crippen molar-refractivity contribution in [1.82, 2.24) is 20.2 Å². The second kappa shape index (κ2) is 6.58. The number of benzene rings is 2. The average Bonchev–Trinajstić information content (AvgIpc) is 3.35. The number of aromatic amines is 1. The Morgan fingerprint density at radius 3 is 2.55 bits per heavy atom. The fraction of sp³-hybridized carbons (Fsp3) is 0.190. The first-order valence-corrected chi connectivity index (χ1v) is 9.27. The zero-order chi connectivity index (χ0) is 20.0. The molecule has 0 spiro atoms. The second-order valence-corrected chi connectivity index (χ2v) is 6.96. The summed E-state index contributed by atoms with van der Waals surface area (Å²) in [6.07, 6.45) is -2.09. The average molecular weight is 395 g/mol. The molecule has 0 aliphatic heterocycles. The van der Waals surface area contributed by atoms with Gasteiger partial charge in [0.05, 0.1) is 11.1 Å². The maximum absolute atomic E-state index is 13.5. The highest BCUT2D eigenvalue weighted by Crippen LogP contribution is 2.38. The molecule has 1 aliphatic rings. The Labute approximate surface area is 164 Å². The van der Waals surface area contributed by atoms with Crippen LogP contribution in [0, 0.1) is 0 Å². The summed E-state index contributed by atoms with van der Waals surface area (Å²) in [7, 11) is 0. The molecule has 146 valence electrons. The highest BCUT2D eigenvalue weighted by Gasteiger charge is 2.34. The van der Waals surface area contributed by atoms with E-state index in [9.17, 15) is 13.2 Å². The Kier molecular flexibility index (Phi) is 4.01. The van der Waals surface area contributed by atoms with Crippen molar-refractivity contribution >= 4 is 22.5 Å². The van der Waals surface area contributed by atoms with Crippen LogP contribution in [0.25, 0.3) is 22.3 Å². The van der Waals surface area contributed by atoms with Crippen molar-refractivity contribution < 1.29 is 13.2 Å². The molecule has 2 heterocycles. The number of H-pyrrole nitrogens is 1. The minimum atomic E-state index is -4.48. The van der Waals surface area contributed by atoms with Gasteiger partial charge in [0.25, 0.3) is 0 Å². The van der Waals surface area contributed by atoms with Crippen LogP contribution in [-0.2, 0) is 19.0 Å². The van der Waals surface area contributed by atoms with E-state index in [1.165, 1.54) is 12.1 Å². The zero-order valence-electron chi connectivity index (χ0n) is 15.2. The van der Waals surface area contributed by atoms with Crippen LogP contribution in [0.5, 0.6) is 0 Å². The summed E-state index contributed by atoms with van der Waals surface area (Å²) in [5.41, 5.74) is 1.82. The van der Waals surface area contributed by atoms with Gasteiger partial charge in [-0.05, 0) is 37.5 Å². The molecular weight excluding hydrogens is 379 g/mol. The smallest absolute Gasteiger partial charge is 0.323 e. The lowest BCUT2D eigenvalue weighted by atomic mass is 10.1. The third-order valence-corrected chi connectivity index (χ3v) is 5.11. The lowest BCUT2D eigenvalue weighted by Crippen LogP contribution is -2.10. The number of nitrogens with one attached hydrogen (secondary N) is 2. The lowest BCUT2D eigenvalue weighted by Gasteiger charge is -2.15. The molecule has 2 aromatic carbocycles. The van der Waals surface area contributed by atoms with Gasteiger partial charge in [0.2, 0.25) is 0 Å². The normalized spacial score (nSPS) is 13.6. The van der Waals surface area contributed by atoms with Gasteiger partial charge in [-0.2, -0.15) is 18.3 Å². The second-order valence-electron chi connectivity index (χ2n) is 6.96. The number of para-hydroxylation sites is 1. The summed E-state index contributed by atoms with van der Waals surface area (Å²) in [6, 6.07) is 13.0. The number of halogens is 3. The Hall–Kier alpha value is -3.42. The maximum Gasteiger partial charge on any atom is 0.417 e. The molecular formula is C21H16F3N5. The molecule has 4 aromatic rings. The first-order chi connectivity index (χ1) is 14.0. The van der Waals surface area contributed by atoms with Crippen LogP contribution in [0.2, 0.25) is 0 Å². The molecule has 2 N–H and O–H groups in total. The lowest BCUT2D eigenvalue weighted by molar-refractivity contribution is -0.137. The van der Waals surface area contributed by atoms with Crippen molar-refractivity contribution in [2.24, 2.45) is 0 Å². The number of hydrogen-bond donors (Lipinski definition) is 2. The molecule has 0 saturated carbocycles. The standard InChI is InChI=1S/C21H16F3N5/c22-21(23,24)15-9-3-1-6-12(15)18-25-16-11-5-8-13(16)19(26-18)27-20-14-7-2-4-10-17(14)28-29-20/h1-4,6-7,9-10H,5,8,11H2,(H2,25,26,27,28,29). The van der Waals surface area contributed by atoms with Crippen LogP contribution in [0.4, 0.5) is 24.8 Å². The Bertz CT molecular complexity index is 1210. The summed E-state index contributed by atoms with van der Waals surface area (Å²) in [5, 5.41) is 11.4. The topological polar surface area (TPSA) is 66.5 Å². The van der Waals surface area contributed by atoms with E-state index in [1.807, 2.05) is 24.3 Å². The number of anilines is 2. The molecule has 8 heteroatoms. The predicted octanol–water partition coefficient (Wildman–Crippen LogP) is 5.27. The maximum atomic E-state index is 13.5. The Morgan fingerprint density at radius 1 is 0.897 bits per heavy atom. The van der Waals surface area contributed by atoms with Gasteiger partial charge in [-0.15, -0.1) is 0 Å². The van der Waals surface area contributed by atoms with Gasteiger partial charge >= 0.3 is 6.18 Å². The zero-order valence-corrected chi connectivity index (χ0v) is 15.2. The molecule has 5 rings (SSSR count). The van der Waals surface area contributed by atoms with E-state index in [0.717, 1.165) is 47.5 Å². The molecule has 1 aliphatic carbocycles.